The average Bonchev–Trinajstić information content (AvgIpc) is 2.86. The molecular weight excluding hydrogens is 294 g/mol. The molecule has 1 aliphatic heterocycles. The molecule has 22 heavy (non-hydrogen) atoms. The molecule has 3 nitrogen and oxygen atoms in total. The van der Waals surface area contributed by atoms with E-state index in [4.69, 9.17) is 0 Å². The van der Waals surface area contributed by atoms with Crippen LogP contribution in [0.2, 0.25) is 0 Å². The number of hydrogen-bond acceptors (Lipinski definition) is 3. The maximum atomic E-state index is 12.1. The summed E-state index contributed by atoms with van der Waals surface area (Å²) in [6.07, 6.45) is 1.69. The van der Waals surface area contributed by atoms with Crippen LogP contribution in [0.5, 0.6) is 5.75 Å². The zero-order chi connectivity index (χ0) is 15.7. The maximum absolute atomic E-state index is 12.1. The predicted octanol–water partition coefficient (Wildman–Crippen LogP) is 4.07. The summed E-state index contributed by atoms with van der Waals surface area (Å²) in [6, 6.07) is 13.4. The van der Waals surface area contributed by atoms with Gasteiger partial charge in [-0.05, 0) is 25.5 Å². The van der Waals surface area contributed by atoms with Gasteiger partial charge in [0.15, 0.2) is 0 Å². The second-order valence-electron chi connectivity index (χ2n) is 5.21. The number of nitrogens with zero attached hydrogens (tertiary/aromatic N) is 1. The summed E-state index contributed by atoms with van der Waals surface area (Å²) in [5.74, 6) is -0.0614. The topological polar surface area (TPSA) is 49.7 Å². The summed E-state index contributed by atoms with van der Waals surface area (Å²) >= 11 is 1.34. The molecule has 0 unspecified atom stereocenters. The van der Waals surface area contributed by atoms with Crippen molar-refractivity contribution in [2.75, 3.05) is 0 Å². The minimum Gasteiger partial charge on any atom is -0.507 e. The van der Waals surface area contributed by atoms with Gasteiger partial charge in [-0.3, -0.25) is 4.79 Å². The monoisotopic (exact) mass is 309 g/mol. The van der Waals surface area contributed by atoms with Crippen LogP contribution in [0.3, 0.4) is 0 Å². The molecule has 0 atom stereocenters. The van der Waals surface area contributed by atoms with Gasteiger partial charge in [0.1, 0.15) is 10.8 Å². The molecule has 1 aliphatic rings. The number of carbonyl (C=O) groups excluding carboxylic acids is 1. The fourth-order valence-electron chi connectivity index (χ4n) is 2.17. The molecule has 0 spiro atoms. The van der Waals surface area contributed by atoms with Crippen molar-refractivity contribution in [3.63, 3.8) is 0 Å². The van der Waals surface area contributed by atoms with Crippen LogP contribution < -0.4 is 0 Å². The van der Waals surface area contributed by atoms with E-state index in [2.05, 4.69) is 4.99 Å². The Kier molecular flexibility index (Phi) is 3.86. The van der Waals surface area contributed by atoms with Gasteiger partial charge in [-0.15, -0.1) is 0 Å². The Morgan fingerprint density at radius 3 is 2.55 bits per heavy atom. The molecule has 0 radical (unpaired) electrons. The highest BCUT2D eigenvalue weighted by molar-refractivity contribution is 8.19. The zero-order valence-corrected chi connectivity index (χ0v) is 13.1. The third-order valence-electron chi connectivity index (χ3n) is 3.47. The minimum atomic E-state index is -0.263. The number of aromatic hydroxyl groups is 1. The van der Waals surface area contributed by atoms with Crippen LogP contribution in [0.25, 0.3) is 6.08 Å². The number of phenols is 1. The number of rotatable bonds is 2. The van der Waals surface area contributed by atoms with Gasteiger partial charge in [0.2, 0.25) is 0 Å². The van der Waals surface area contributed by atoms with Crippen molar-refractivity contribution in [1.29, 1.82) is 0 Å². The van der Waals surface area contributed by atoms with Gasteiger partial charge in [-0.25, -0.2) is 4.99 Å². The van der Waals surface area contributed by atoms with Gasteiger partial charge >= 0.3 is 0 Å². The Morgan fingerprint density at radius 1 is 1.09 bits per heavy atom. The van der Waals surface area contributed by atoms with Crippen molar-refractivity contribution in [3.05, 3.63) is 69.6 Å². The molecule has 2 aromatic carbocycles. The third kappa shape index (κ3) is 2.83. The summed E-state index contributed by atoms with van der Waals surface area (Å²) in [5.41, 5.74) is 3.51. The van der Waals surface area contributed by atoms with E-state index in [1.165, 1.54) is 17.3 Å². The normalized spacial score (nSPS) is 16.2. The lowest BCUT2D eigenvalue weighted by Crippen LogP contribution is -1.90. The highest BCUT2D eigenvalue weighted by Crippen LogP contribution is 2.34. The fourth-order valence-corrected chi connectivity index (χ4v) is 3.08. The Balaban J connectivity index is 1.90. The minimum absolute atomic E-state index is 0.201. The first-order chi connectivity index (χ1) is 10.5. The van der Waals surface area contributed by atoms with Crippen LogP contribution in [0.4, 0.5) is 0 Å². The van der Waals surface area contributed by atoms with E-state index in [1.54, 1.807) is 12.1 Å². The van der Waals surface area contributed by atoms with E-state index in [1.807, 2.05) is 50.2 Å². The predicted molar refractivity (Wildman–Crippen MR) is 91.1 cm³/mol. The smallest absolute Gasteiger partial charge is 0.284 e. The maximum Gasteiger partial charge on any atom is 0.284 e. The number of phenolic OH excluding ortho intramolecular Hbond substituents is 1. The summed E-state index contributed by atoms with van der Waals surface area (Å²) < 4.78 is 0. The van der Waals surface area contributed by atoms with Gasteiger partial charge in [0.25, 0.3) is 5.91 Å². The number of para-hydroxylation sites is 1. The Labute approximate surface area is 133 Å². The van der Waals surface area contributed by atoms with Crippen LogP contribution in [0, 0.1) is 13.8 Å². The molecule has 4 heteroatoms. The molecule has 0 bridgehead atoms. The Bertz CT molecular complexity index is 804. The first-order valence-electron chi connectivity index (χ1n) is 6.93. The van der Waals surface area contributed by atoms with Crippen molar-refractivity contribution < 1.29 is 9.90 Å². The lowest BCUT2D eigenvalue weighted by molar-refractivity contribution is -0.113. The quantitative estimate of drug-likeness (QED) is 0.851. The molecule has 2 aromatic rings. The van der Waals surface area contributed by atoms with Crippen LogP contribution in [-0.2, 0) is 4.79 Å². The van der Waals surface area contributed by atoms with Crippen LogP contribution in [-0.4, -0.2) is 16.1 Å². The van der Waals surface area contributed by atoms with Gasteiger partial charge in [-0.1, -0.05) is 59.8 Å². The second kappa shape index (κ2) is 5.81. The van der Waals surface area contributed by atoms with E-state index < -0.39 is 0 Å². The Morgan fingerprint density at radius 2 is 1.82 bits per heavy atom. The number of amides is 1. The van der Waals surface area contributed by atoms with Crippen LogP contribution >= 0.6 is 11.8 Å². The number of thioether (sulfide) groups is 1. The molecule has 0 aromatic heterocycles. The van der Waals surface area contributed by atoms with E-state index in [-0.39, 0.29) is 11.7 Å². The summed E-state index contributed by atoms with van der Waals surface area (Å²) in [5, 5.41) is 10.8. The van der Waals surface area contributed by atoms with Gasteiger partial charge in [-0.2, -0.15) is 0 Å². The summed E-state index contributed by atoms with van der Waals surface area (Å²) in [7, 11) is 0. The van der Waals surface area contributed by atoms with Crippen LogP contribution in [0.1, 0.15) is 22.3 Å². The number of hydrogen-bond donors (Lipinski definition) is 1. The van der Waals surface area contributed by atoms with E-state index in [0.717, 1.165) is 11.1 Å². The van der Waals surface area contributed by atoms with Gasteiger partial charge in [0, 0.05) is 11.1 Å². The molecule has 0 aliphatic carbocycles. The second-order valence-corrected chi connectivity index (χ2v) is 6.24. The van der Waals surface area contributed by atoms with Crippen molar-refractivity contribution in [1.82, 2.24) is 0 Å². The molecule has 0 saturated heterocycles. The number of carbonyl (C=O) groups is 1. The van der Waals surface area contributed by atoms with Crippen molar-refractivity contribution in [2.45, 2.75) is 13.8 Å². The van der Waals surface area contributed by atoms with Crippen molar-refractivity contribution in [3.8, 4) is 5.75 Å². The molecule has 1 amide bonds. The average molecular weight is 309 g/mol. The molecule has 1 heterocycles. The number of benzene rings is 2. The van der Waals surface area contributed by atoms with E-state index in [9.17, 15) is 9.90 Å². The lowest BCUT2D eigenvalue weighted by atomic mass is 10.1. The Hall–Kier alpha value is -2.33. The first-order valence-corrected chi connectivity index (χ1v) is 7.74. The number of aliphatic imine (C=N–C) groups is 1. The standard InChI is InChI=1S/C18H15NO2S/c1-11-6-8-13(9-7-11)18-19-17(21)15(22-18)10-14-5-3-4-12(2)16(14)20/h3-10,20H,1-2H3/b15-10+. The van der Waals surface area contributed by atoms with E-state index >= 15 is 0 Å². The first kappa shape index (κ1) is 14.6. The number of aryl methyl sites for hydroxylation is 2. The van der Waals surface area contributed by atoms with E-state index in [0.29, 0.717) is 15.5 Å². The fraction of sp³-hybridized carbons (Fsp3) is 0.111. The molecular formula is C18H15NO2S. The molecule has 0 fully saturated rings. The molecule has 1 N–H and O–H groups in total. The molecule has 0 saturated carbocycles. The van der Waals surface area contributed by atoms with Gasteiger partial charge < -0.3 is 5.11 Å². The highest BCUT2D eigenvalue weighted by Gasteiger charge is 2.23. The SMILES string of the molecule is Cc1ccc(C2=NC(=O)/C(=C\c3cccc(C)c3O)S2)cc1. The summed E-state index contributed by atoms with van der Waals surface area (Å²) in [6.45, 7) is 3.85. The zero-order valence-electron chi connectivity index (χ0n) is 12.3. The van der Waals surface area contributed by atoms with Crippen molar-refractivity contribution in [2.24, 2.45) is 4.99 Å². The summed E-state index contributed by atoms with van der Waals surface area (Å²) in [4.78, 5) is 16.7. The van der Waals surface area contributed by atoms with Gasteiger partial charge in [0.05, 0.1) is 4.91 Å². The highest BCUT2D eigenvalue weighted by atomic mass is 32.2. The molecule has 110 valence electrons. The lowest BCUT2D eigenvalue weighted by Gasteiger charge is -2.03. The van der Waals surface area contributed by atoms with Crippen LogP contribution in [0.15, 0.2) is 52.4 Å². The van der Waals surface area contributed by atoms with Crippen molar-refractivity contribution >= 4 is 28.8 Å². The largest absolute Gasteiger partial charge is 0.507 e. The third-order valence-corrected chi connectivity index (χ3v) is 4.51. The molecule has 3 rings (SSSR count).